The summed E-state index contributed by atoms with van der Waals surface area (Å²) in [6.07, 6.45) is 1.94. The first kappa shape index (κ1) is 17.4. The molecule has 1 aromatic rings. The van der Waals surface area contributed by atoms with Crippen LogP contribution < -0.4 is 0 Å². The van der Waals surface area contributed by atoms with E-state index in [1.165, 1.54) is 6.07 Å². The molecule has 0 N–H and O–H groups in total. The molecule has 4 nitrogen and oxygen atoms in total. The third-order valence-electron chi connectivity index (χ3n) is 5.77. The van der Waals surface area contributed by atoms with E-state index in [0.717, 1.165) is 44.6 Å². The summed E-state index contributed by atoms with van der Waals surface area (Å²) in [5.41, 5.74) is 0.772. The van der Waals surface area contributed by atoms with Crippen LogP contribution in [0, 0.1) is 17.2 Å². The number of carbonyl (C=O) groups is 1. The van der Waals surface area contributed by atoms with Gasteiger partial charge in [-0.2, -0.15) is 0 Å². The van der Waals surface area contributed by atoms with Gasteiger partial charge in [0.05, 0.1) is 12.5 Å². The second-order valence-electron chi connectivity index (χ2n) is 7.09. The lowest BCUT2D eigenvalue weighted by Crippen LogP contribution is -2.45. The minimum Gasteiger partial charge on any atom is -0.384 e. The van der Waals surface area contributed by atoms with Crippen LogP contribution in [0.5, 0.6) is 0 Å². The zero-order valence-electron chi connectivity index (χ0n) is 14.6. The van der Waals surface area contributed by atoms with Crippen molar-refractivity contribution in [1.82, 2.24) is 9.80 Å². The Labute approximate surface area is 143 Å². The van der Waals surface area contributed by atoms with Crippen LogP contribution in [0.25, 0.3) is 0 Å². The minimum absolute atomic E-state index is 0.0227. The molecule has 2 aliphatic rings. The molecule has 2 heterocycles. The first-order valence-electron chi connectivity index (χ1n) is 8.83. The lowest BCUT2D eigenvalue weighted by atomic mass is 9.71. The van der Waals surface area contributed by atoms with Gasteiger partial charge >= 0.3 is 0 Å². The number of nitrogens with zero attached hydrogens (tertiary/aromatic N) is 2. The molecule has 1 aromatic carbocycles. The summed E-state index contributed by atoms with van der Waals surface area (Å²) >= 11 is 0. The summed E-state index contributed by atoms with van der Waals surface area (Å²) in [5, 5.41) is 0. The summed E-state index contributed by atoms with van der Waals surface area (Å²) < 4.78 is 19.2. The van der Waals surface area contributed by atoms with Crippen molar-refractivity contribution >= 4 is 5.91 Å². The molecule has 5 heteroatoms. The lowest BCUT2D eigenvalue weighted by Gasteiger charge is -2.41. The summed E-state index contributed by atoms with van der Waals surface area (Å²) in [7, 11) is 1.67. The quantitative estimate of drug-likeness (QED) is 0.829. The van der Waals surface area contributed by atoms with E-state index in [-0.39, 0.29) is 23.1 Å². The van der Waals surface area contributed by atoms with Gasteiger partial charge in [0.2, 0.25) is 5.91 Å². The number of ether oxygens (including phenoxy) is 1. The third kappa shape index (κ3) is 3.20. The highest BCUT2D eigenvalue weighted by atomic mass is 19.1. The Morgan fingerprint density at radius 1 is 1.29 bits per heavy atom. The van der Waals surface area contributed by atoms with Gasteiger partial charge in [0.25, 0.3) is 0 Å². The number of hydrogen-bond donors (Lipinski definition) is 0. The molecule has 3 rings (SSSR count). The van der Waals surface area contributed by atoms with Gasteiger partial charge in [0.1, 0.15) is 5.82 Å². The molecular formula is C19H27FN2O2. The van der Waals surface area contributed by atoms with Crippen LogP contribution in [0.4, 0.5) is 4.39 Å². The Morgan fingerprint density at radius 3 is 2.62 bits per heavy atom. The van der Waals surface area contributed by atoms with Gasteiger partial charge in [0, 0.05) is 37.7 Å². The van der Waals surface area contributed by atoms with E-state index in [1.54, 1.807) is 13.2 Å². The zero-order chi connectivity index (χ0) is 17.2. The van der Waals surface area contributed by atoms with Crippen LogP contribution >= 0.6 is 0 Å². The summed E-state index contributed by atoms with van der Waals surface area (Å²) in [5.74, 6) is 0.0724. The third-order valence-corrected chi connectivity index (χ3v) is 5.77. The second-order valence-corrected chi connectivity index (χ2v) is 7.09. The number of benzene rings is 1. The Bertz CT molecular complexity index is 584. The number of carbonyl (C=O) groups excluding carboxylic acids is 1. The van der Waals surface area contributed by atoms with Crippen LogP contribution in [-0.4, -0.2) is 55.6 Å². The smallest absolute Gasteiger partial charge is 0.228 e. The largest absolute Gasteiger partial charge is 0.384 e. The van der Waals surface area contributed by atoms with Crippen molar-refractivity contribution in [2.24, 2.45) is 11.3 Å². The fourth-order valence-corrected chi connectivity index (χ4v) is 4.26. The Morgan fingerprint density at radius 2 is 2.00 bits per heavy atom. The highest BCUT2D eigenvalue weighted by Crippen LogP contribution is 2.45. The standard InChI is InChI=1S/C19H27FN2O2/c1-3-22-14-19(16(13-24-2)18(22)23)8-10-21(11-9-19)12-15-6-4-5-7-17(15)20/h4-7,16H,3,8-14H2,1-2H3/t16-/m1/s1. The number of halogens is 1. The predicted molar refractivity (Wildman–Crippen MR) is 91.0 cm³/mol. The number of amides is 1. The Kier molecular flexibility index (Phi) is 5.21. The average Bonchev–Trinajstić information content (AvgIpc) is 2.85. The Hall–Kier alpha value is -1.46. The van der Waals surface area contributed by atoms with E-state index < -0.39 is 0 Å². The Balaban J connectivity index is 1.67. The van der Waals surface area contributed by atoms with Gasteiger partial charge in [0.15, 0.2) is 0 Å². The van der Waals surface area contributed by atoms with Crippen LogP contribution in [-0.2, 0) is 16.1 Å². The van der Waals surface area contributed by atoms with Crippen molar-refractivity contribution in [3.63, 3.8) is 0 Å². The van der Waals surface area contributed by atoms with Gasteiger partial charge in [-0.25, -0.2) is 4.39 Å². The van der Waals surface area contributed by atoms with Gasteiger partial charge in [-0.05, 0) is 38.9 Å². The van der Waals surface area contributed by atoms with Crippen molar-refractivity contribution in [2.45, 2.75) is 26.3 Å². The molecule has 1 amide bonds. The molecule has 0 radical (unpaired) electrons. The topological polar surface area (TPSA) is 32.8 Å². The van der Waals surface area contributed by atoms with Crippen LogP contribution in [0.1, 0.15) is 25.3 Å². The van der Waals surface area contributed by atoms with Gasteiger partial charge < -0.3 is 9.64 Å². The molecule has 132 valence electrons. The summed E-state index contributed by atoms with van der Waals surface area (Å²) in [6.45, 7) is 6.59. The van der Waals surface area contributed by atoms with Crippen molar-refractivity contribution in [1.29, 1.82) is 0 Å². The maximum atomic E-state index is 13.9. The monoisotopic (exact) mass is 334 g/mol. The number of hydrogen-bond acceptors (Lipinski definition) is 3. The van der Waals surface area contributed by atoms with Crippen molar-refractivity contribution in [3.8, 4) is 0 Å². The zero-order valence-corrected chi connectivity index (χ0v) is 14.6. The van der Waals surface area contributed by atoms with Gasteiger partial charge in [-0.3, -0.25) is 9.69 Å². The van der Waals surface area contributed by atoms with Crippen LogP contribution in [0.15, 0.2) is 24.3 Å². The molecule has 2 saturated heterocycles. The van der Waals surface area contributed by atoms with Crippen molar-refractivity contribution in [2.75, 3.05) is 39.9 Å². The summed E-state index contributed by atoms with van der Waals surface area (Å²) in [4.78, 5) is 16.9. The number of likely N-dealkylation sites (tertiary alicyclic amines) is 2. The normalized spacial score (nSPS) is 24.0. The maximum Gasteiger partial charge on any atom is 0.228 e. The average molecular weight is 334 g/mol. The molecule has 1 spiro atoms. The van der Waals surface area contributed by atoms with E-state index in [2.05, 4.69) is 4.90 Å². The fourth-order valence-electron chi connectivity index (χ4n) is 4.26. The van der Waals surface area contributed by atoms with E-state index in [9.17, 15) is 9.18 Å². The van der Waals surface area contributed by atoms with Crippen molar-refractivity contribution < 1.29 is 13.9 Å². The van der Waals surface area contributed by atoms with E-state index in [0.29, 0.717) is 13.2 Å². The molecule has 0 bridgehead atoms. The van der Waals surface area contributed by atoms with Gasteiger partial charge in [-0.15, -0.1) is 0 Å². The van der Waals surface area contributed by atoms with E-state index >= 15 is 0 Å². The molecule has 0 saturated carbocycles. The molecule has 2 fully saturated rings. The molecule has 0 unspecified atom stereocenters. The van der Waals surface area contributed by atoms with E-state index in [4.69, 9.17) is 4.74 Å². The number of methoxy groups -OCH3 is 1. The molecule has 0 aliphatic carbocycles. The molecule has 1 atom stereocenters. The number of rotatable bonds is 5. The molecule has 0 aromatic heterocycles. The summed E-state index contributed by atoms with van der Waals surface area (Å²) in [6, 6.07) is 6.98. The minimum atomic E-state index is -0.136. The first-order chi connectivity index (χ1) is 11.6. The molecule has 2 aliphatic heterocycles. The highest BCUT2D eigenvalue weighted by Gasteiger charge is 2.52. The van der Waals surface area contributed by atoms with E-state index in [1.807, 2.05) is 24.0 Å². The van der Waals surface area contributed by atoms with Crippen molar-refractivity contribution in [3.05, 3.63) is 35.6 Å². The predicted octanol–water partition coefficient (Wildman–Crippen LogP) is 2.53. The molecule has 24 heavy (non-hydrogen) atoms. The van der Waals surface area contributed by atoms with Crippen LogP contribution in [0.2, 0.25) is 0 Å². The second kappa shape index (κ2) is 7.19. The van der Waals surface area contributed by atoms with Crippen LogP contribution in [0.3, 0.4) is 0 Å². The maximum absolute atomic E-state index is 13.9. The molecular weight excluding hydrogens is 307 g/mol. The van der Waals surface area contributed by atoms with Gasteiger partial charge in [-0.1, -0.05) is 18.2 Å². The number of piperidine rings is 1. The first-order valence-corrected chi connectivity index (χ1v) is 8.83. The SMILES string of the molecule is CCN1CC2(CCN(Cc3ccccc3F)CC2)[C@H](COC)C1=O. The highest BCUT2D eigenvalue weighted by molar-refractivity contribution is 5.82. The lowest BCUT2D eigenvalue weighted by molar-refractivity contribution is -0.133. The fraction of sp³-hybridized carbons (Fsp3) is 0.632.